The van der Waals surface area contributed by atoms with Crippen molar-refractivity contribution in [3.05, 3.63) is 65.3 Å². The van der Waals surface area contributed by atoms with E-state index >= 15 is 0 Å². The largest absolute Gasteiger partial charge is 0.390 e. The van der Waals surface area contributed by atoms with Gasteiger partial charge in [0.05, 0.1) is 29.5 Å². The van der Waals surface area contributed by atoms with Crippen molar-refractivity contribution in [1.29, 1.82) is 0 Å². The van der Waals surface area contributed by atoms with E-state index in [9.17, 15) is 8.42 Å². The Morgan fingerprint density at radius 1 is 1.00 bits per heavy atom. The molecule has 0 aliphatic rings. The van der Waals surface area contributed by atoms with Crippen LogP contribution in [0.5, 0.6) is 0 Å². The third kappa shape index (κ3) is 4.57. The Morgan fingerprint density at radius 3 is 2.04 bits per heavy atom. The summed E-state index contributed by atoms with van der Waals surface area (Å²) in [6, 6.07) is 6.60. The lowest BCUT2D eigenvalue weighted by molar-refractivity contribution is 0.277. The highest BCUT2D eigenvalue weighted by Crippen LogP contribution is 2.17. The number of hydrogen-bond acceptors (Lipinski definition) is 6. The molecule has 2 heterocycles. The lowest BCUT2D eigenvalue weighted by Gasteiger charge is -2.07. The van der Waals surface area contributed by atoms with Crippen molar-refractivity contribution in [2.24, 2.45) is 0 Å². The molecule has 0 radical (unpaired) electrons. The first kappa shape index (κ1) is 19.8. The van der Waals surface area contributed by atoms with Gasteiger partial charge in [0, 0.05) is 12.4 Å². The first-order valence-electron chi connectivity index (χ1n) is 7.87. The standard InChI is InChI=1S/C12H14N2O3S.C5H8N2O/c1-9-3-5-12(6-4-9)18(16,17)14-7-11(8-15)13-10(14)2;1-4-6-2-5(3-8)7-4/h3-7,15H,8H2,1-2H3;2,8H,3H2,1H3,(H,6,7). The van der Waals surface area contributed by atoms with Crippen LogP contribution in [0.4, 0.5) is 0 Å². The lowest BCUT2D eigenvalue weighted by atomic mass is 10.2. The average Bonchev–Trinajstić information content (AvgIpc) is 3.21. The number of nitrogens with one attached hydrogen (secondary N) is 1. The molecular formula is C17H22N4O4S. The van der Waals surface area contributed by atoms with Crippen molar-refractivity contribution in [3.8, 4) is 0 Å². The molecule has 0 unspecified atom stereocenters. The van der Waals surface area contributed by atoms with Crippen molar-refractivity contribution >= 4 is 10.0 Å². The number of H-pyrrole nitrogens is 1. The molecule has 0 bridgehead atoms. The van der Waals surface area contributed by atoms with E-state index in [1.165, 1.54) is 6.20 Å². The Kier molecular flexibility index (Phi) is 6.30. The summed E-state index contributed by atoms with van der Waals surface area (Å²) in [5, 5.41) is 17.4. The number of aliphatic hydroxyl groups excluding tert-OH is 2. The SMILES string of the molecule is Cc1ccc(S(=O)(=O)n2cc(CO)nc2C)cc1.Cc1nc(CO)c[nH]1. The maximum absolute atomic E-state index is 12.3. The molecule has 0 saturated carbocycles. The monoisotopic (exact) mass is 378 g/mol. The lowest BCUT2D eigenvalue weighted by Crippen LogP contribution is -2.13. The third-order valence-corrected chi connectivity index (χ3v) is 5.31. The predicted molar refractivity (Wildman–Crippen MR) is 95.9 cm³/mol. The molecule has 2 aromatic heterocycles. The number of aliphatic hydroxyl groups is 2. The molecule has 0 saturated heterocycles. The van der Waals surface area contributed by atoms with Gasteiger partial charge in [0.25, 0.3) is 10.0 Å². The van der Waals surface area contributed by atoms with Crippen LogP contribution in [0.15, 0.2) is 41.6 Å². The number of aromatic amines is 1. The molecular weight excluding hydrogens is 356 g/mol. The van der Waals surface area contributed by atoms with Crippen molar-refractivity contribution < 1.29 is 18.6 Å². The second-order valence-electron chi connectivity index (χ2n) is 5.69. The zero-order valence-corrected chi connectivity index (χ0v) is 15.7. The van der Waals surface area contributed by atoms with Crippen LogP contribution in [-0.2, 0) is 23.2 Å². The van der Waals surface area contributed by atoms with Gasteiger partial charge in [0.15, 0.2) is 0 Å². The van der Waals surface area contributed by atoms with E-state index in [2.05, 4.69) is 15.0 Å². The molecule has 3 rings (SSSR count). The normalized spacial score (nSPS) is 11.1. The zero-order chi connectivity index (χ0) is 19.3. The number of nitrogens with zero attached hydrogens (tertiary/aromatic N) is 3. The molecule has 9 heteroatoms. The van der Waals surface area contributed by atoms with Gasteiger partial charge in [-0.25, -0.2) is 22.4 Å². The second kappa shape index (κ2) is 8.26. The molecule has 0 amide bonds. The molecule has 1 aromatic carbocycles. The van der Waals surface area contributed by atoms with Crippen molar-refractivity contribution in [1.82, 2.24) is 18.9 Å². The van der Waals surface area contributed by atoms with Crippen LogP contribution < -0.4 is 0 Å². The summed E-state index contributed by atoms with van der Waals surface area (Å²) >= 11 is 0. The van der Waals surface area contributed by atoms with E-state index in [-0.39, 0.29) is 18.1 Å². The maximum Gasteiger partial charge on any atom is 0.269 e. The van der Waals surface area contributed by atoms with Crippen LogP contribution in [0.3, 0.4) is 0 Å². The minimum absolute atomic E-state index is 0.0182. The summed E-state index contributed by atoms with van der Waals surface area (Å²) < 4.78 is 25.8. The number of hydrogen-bond donors (Lipinski definition) is 3. The summed E-state index contributed by atoms with van der Waals surface area (Å²) in [5.74, 6) is 1.17. The number of rotatable bonds is 4. The summed E-state index contributed by atoms with van der Waals surface area (Å²) in [4.78, 5) is 11.0. The number of aryl methyl sites for hydroxylation is 3. The van der Waals surface area contributed by atoms with Gasteiger partial charge in [-0.05, 0) is 32.9 Å². The van der Waals surface area contributed by atoms with Crippen LogP contribution in [0.1, 0.15) is 28.6 Å². The number of imidazole rings is 2. The fourth-order valence-electron chi connectivity index (χ4n) is 2.21. The van der Waals surface area contributed by atoms with Crippen LogP contribution in [0.25, 0.3) is 0 Å². The van der Waals surface area contributed by atoms with E-state index in [0.29, 0.717) is 17.2 Å². The van der Waals surface area contributed by atoms with E-state index in [1.54, 1.807) is 37.4 Å². The highest BCUT2D eigenvalue weighted by atomic mass is 32.2. The molecule has 3 aromatic rings. The summed E-state index contributed by atoms with van der Waals surface area (Å²) in [6.07, 6.45) is 3.03. The average molecular weight is 378 g/mol. The molecule has 3 N–H and O–H groups in total. The Labute approximate surface area is 152 Å². The van der Waals surface area contributed by atoms with Crippen LogP contribution >= 0.6 is 0 Å². The molecule has 140 valence electrons. The van der Waals surface area contributed by atoms with E-state index in [4.69, 9.17) is 10.2 Å². The topological polar surface area (TPSA) is 121 Å². The van der Waals surface area contributed by atoms with Gasteiger partial charge in [0.2, 0.25) is 0 Å². The van der Waals surface area contributed by atoms with E-state index in [1.807, 2.05) is 13.8 Å². The third-order valence-electron chi connectivity index (χ3n) is 3.55. The Morgan fingerprint density at radius 2 is 1.62 bits per heavy atom. The predicted octanol–water partition coefficient (Wildman–Crippen LogP) is 1.44. The molecule has 8 nitrogen and oxygen atoms in total. The Balaban J connectivity index is 0.000000254. The van der Waals surface area contributed by atoms with Gasteiger partial charge in [-0.15, -0.1) is 0 Å². The van der Waals surface area contributed by atoms with Gasteiger partial charge in [-0.2, -0.15) is 0 Å². The zero-order valence-electron chi connectivity index (χ0n) is 14.8. The Bertz CT molecular complexity index is 959. The summed E-state index contributed by atoms with van der Waals surface area (Å²) in [7, 11) is -3.63. The minimum Gasteiger partial charge on any atom is -0.390 e. The highest BCUT2D eigenvalue weighted by Gasteiger charge is 2.19. The summed E-state index contributed by atoms with van der Waals surface area (Å²) in [5.41, 5.74) is 2.03. The van der Waals surface area contributed by atoms with Gasteiger partial charge in [0.1, 0.15) is 11.6 Å². The fourth-order valence-corrected chi connectivity index (χ4v) is 3.56. The first-order chi connectivity index (χ1) is 12.3. The minimum atomic E-state index is -3.63. The van der Waals surface area contributed by atoms with Gasteiger partial charge < -0.3 is 15.2 Å². The second-order valence-corrected chi connectivity index (χ2v) is 7.50. The first-order valence-corrected chi connectivity index (χ1v) is 9.31. The van der Waals surface area contributed by atoms with Crippen molar-refractivity contribution in [2.75, 3.05) is 0 Å². The Hall–Kier alpha value is -2.49. The smallest absolute Gasteiger partial charge is 0.269 e. The quantitative estimate of drug-likeness (QED) is 0.632. The van der Waals surface area contributed by atoms with Crippen LogP contribution in [0, 0.1) is 20.8 Å². The number of aromatic nitrogens is 4. The van der Waals surface area contributed by atoms with Crippen molar-refractivity contribution in [3.63, 3.8) is 0 Å². The molecule has 0 aliphatic carbocycles. The van der Waals surface area contributed by atoms with Crippen LogP contribution in [-0.4, -0.2) is 37.6 Å². The van der Waals surface area contributed by atoms with E-state index in [0.717, 1.165) is 15.4 Å². The molecule has 0 aliphatic heterocycles. The molecule has 0 atom stereocenters. The molecule has 0 spiro atoms. The van der Waals surface area contributed by atoms with Gasteiger partial charge >= 0.3 is 0 Å². The van der Waals surface area contributed by atoms with Gasteiger partial charge in [-0.1, -0.05) is 17.7 Å². The van der Waals surface area contributed by atoms with Crippen molar-refractivity contribution in [2.45, 2.75) is 38.9 Å². The fraction of sp³-hybridized carbons (Fsp3) is 0.294. The summed E-state index contributed by atoms with van der Waals surface area (Å²) in [6.45, 7) is 5.06. The van der Waals surface area contributed by atoms with Crippen LogP contribution in [0.2, 0.25) is 0 Å². The number of benzene rings is 1. The molecule has 26 heavy (non-hydrogen) atoms. The van der Waals surface area contributed by atoms with Gasteiger partial charge in [-0.3, -0.25) is 0 Å². The maximum atomic E-state index is 12.3. The van der Waals surface area contributed by atoms with E-state index < -0.39 is 10.0 Å². The highest BCUT2D eigenvalue weighted by molar-refractivity contribution is 7.90. The molecule has 0 fully saturated rings.